The fourth-order valence-electron chi connectivity index (χ4n) is 4.39. The van der Waals surface area contributed by atoms with E-state index in [1.54, 1.807) is 18.1 Å². The lowest BCUT2D eigenvalue weighted by atomic mass is 9.74. The molecule has 0 radical (unpaired) electrons. The predicted octanol–water partition coefficient (Wildman–Crippen LogP) is 3.35. The highest BCUT2D eigenvalue weighted by Crippen LogP contribution is 2.35. The average molecular weight is 415 g/mol. The van der Waals surface area contributed by atoms with Crippen LogP contribution in [0.2, 0.25) is 0 Å². The molecule has 3 aromatic rings. The van der Waals surface area contributed by atoms with Crippen LogP contribution < -0.4 is 5.32 Å². The Morgan fingerprint density at radius 3 is 2.45 bits per heavy atom. The number of nitrogens with zero attached hydrogens (tertiary/aromatic N) is 3. The highest BCUT2D eigenvalue weighted by molar-refractivity contribution is 5.93. The van der Waals surface area contributed by atoms with Crippen LogP contribution in [-0.2, 0) is 11.2 Å². The molecular formula is C25H26N4O2. The molecule has 2 amide bonds. The molecule has 1 saturated heterocycles. The van der Waals surface area contributed by atoms with E-state index >= 15 is 0 Å². The second-order valence-corrected chi connectivity index (χ2v) is 8.02. The van der Waals surface area contributed by atoms with Crippen molar-refractivity contribution in [3.63, 3.8) is 0 Å². The number of carbonyl (C=O) groups excluding carboxylic acids is 2. The Labute approximate surface area is 182 Å². The third kappa shape index (κ3) is 4.48. The van der Waals surface area contributed by atoms with Crippen LogP contribution in [0, 0.1) is 5.41 Å². The number of carbonyl (C=O) groups is 2. The summed E-state index contributed by atoms with van der Waals surface area (Å²) in [5.41, 5.74) is 3.02. The van der Waals surface area contributed by atoms with Gasteiger partial charge >= 0.3 is 0 Å². The van der Waals surface area contributed by atoms with Crippen LogP contribution in [0.5, 0.6) is 0 Å². The van der Waals surface area contributed by atoms with Crippen LogP contribution in [0.4, 0.5) is 0 Å². The summed E-state index contributed by atoms with van der Waals surface area (Å²) < 4.78 is 0. The third-order valence-electron chi connectivity index (χ3n) is 5.96. The van der Waals surface area contributed by atoms with Crippen molar-refractivity contribution >= 4 is 11.8 Å². The van der Waals surface area contributed by atoms with Crippen molar-refractivity contribution in [2.24, 2.45) is 5.41 Å². The van der Waals surface area contributed by atoms with E-state index in [1.807, 2.05) is 18.2 Å². The summed E-state index contributed by atoms with van der Waals surface area (Å²) >= 11 is 0. The van der Waals surface area contributed by atoms with Gasteiger partial charge in [-0.3, -0.25) is 14.6 Å². The SMILES string of the molecule is CNC(=O)C1(Cc2ccc(-c3ccccc3)cc2)CCCN(C(=O)c2cnccn2)C1. The van der Waals surface area contributed by atoms with Gasteiger partial charge in [0, 0.05) is 32.5 Å². The van der Waals surface area contributed by atoms with Gasteiger partial charge in [0.1, 0.15) is 5.69 Å². The summed E-state index contributed by atoms with van der Waals surface area (Å²) in [6.07, 6.45) is 6.60. The molecule has 1 N–H and O–H groups in total. The topological polar surface area (TPSA) is 75.2 Å². The lowest BCUT2D eigenvalue weighted by molar-refractivity contribution is -0.133. The number of rotatable bonds is 5. The number of likely N-dealkylation sites (tertiary alicyclic amines) is 1. The molecule has 0 aliphatic carbocycles. The Morgan fingerprint density at radius 2 is 1.77 bits per heavy atom. The van der Waals surface area contributed by atoms with Crippen LogP contribution in [-0.4, -0.2) is 46.8 Å². The molecule has 2 heterocycles. The number of hydrogen-bond acceptors (Lipinski definition) is 4. The first kappa shape index (κ1) is 20.7. The van der Waals surface area contributed by atoms with Crippen molar-refractivity contribution in [1.29, 1.82) is 0 Å². The van der Waals surface area contributed by atoms with Crippen LogP contribution in [0.1, 0.15) is 28.9 Å². The molecule has 6 heteroatoms. The molecule has 1 aromatic heterocycles. The van der Waals surface area contributed by atoms with Crippen LogP contribution in [0.3, 0.4) is 0 Å². The van der Waals surface area contributed by atoms with Gasteiger partial charge < -0.3 is 10.2 Å². The summed E-state index contributed by atoms with van der Waals surface area (Å²) in [5.74, 6) is -0.211. The van der Waals surface area contributed by atoms with E-state index in [2.05, 4.69) is 51.7 Å². The van der Waals surface area contributed by atoms with E-state index in [4.69, 9.17) is 0 Å². The Hall–Kier alpha value is -3.54. The average Bonchev–Trinajstić information content (AvgIpc) is 2.84. The number of piperidine rings is 1. The third-order valence-corrected chi connectivity index (χ3v) is 5.96. The number of hydrogen-bond donors (Lipinski definition) is 1. The largest absolute Gasteiger partial charge is 0.359 e. The van der Waals surface area contributed by atoms with E-state index in [0.29, 0.717) is 25.2 Å². The fourth-order valence-corrected chi connectivity index (χ4v) is 4.39. The van der Waals surface area contributed by atoms with Crippen molar-refractivity contribution < 1.29 is 9.59 Å². The molecule has 4 rings (SSSR count). The second kappa shape index (κ2) is 9.08. The minimum absolute atomic E-state index is 0.0312. The molecule has 0 bridgehead atoms. The zero-order valence-electron chi connectivity index (χ0n) is 17.6. The molecule has 1 fully saturated rings. The minimum atomic E-state index is -0.668. The van der Waals surface area contributed by atoms with E-state index in [0.717, 1.165) is 29.5 Å². The Morgan fingerprint density at radius 1 is 1.03 bits per heavy atom. The standard InChI is InChI=1S/C25H26N4O2/c1-26-24(31)25(12-5-15-29(18-25)23(30)22-17-27-13-14-28-22)16-19-8-10-21(11-9-19)20-6-3-2-4-7-20/h2-4,6-11,13-14,17H,5,12,15-16,18H2,1H3,(H,26,31). The molecule has 0 spiro atoms. The van der Waals surface area contributed by atoms with Gasteiger partial charge in [0.25, 0.3) is 5.91 Å². The van der Waals surface area contributed by atoms with Crippen LogP contribution >= 0.6 is 0 Å². The smallest absolute Gasteiger partial charge is 0.274 e. The van der Waals surface area contributed by atoms with Gasteiger partial charge in [0.2, 0.25) is 5.91 Å². The van der Waals surface area contributed by atoms with E-state index < -0.39 is 5.41 Å². The minimum Gasteiger partial charge on any atom is -0.359 e. The molecule has 1 atom stereocenters. The van der Waals surface area contributed by atoms with Crippen molar-refractivity contribution in [2.45, 2.75) is 19.3 Å². The van der Waals surface area contributed by atoms with Gasteiger partial charge in [0.05, 0.1) is 11.6 Å². The lowest BCUT2D eigenvalue weighted by Gasteiger charge is -2.41. The molecule has 2 aromatic carbocycles. The normalized spacial score (nSPS) is 18.4. The highest BCUT2D eigenvalue weighted by atomic mass is 16.2. The molecule has 1 unspecified atom stereocenters. The Bertz CT molecular complexity index is 1040. The van der Waals surface area contributed by atoms with Crippen molar-refractivity contribution in [3.05, 3.63) is 84.4 Å². The van der Waals surface area contributed by atoms with Gasteiger partial charge in [-0.25, -0.2) is 4.98 Å². The first-order valence-electron chi connectivity index (χ1n) is 10.5. The van der Waals surface area contributed by atoms with Crippen LogP contribution in [0.15, 0.2) is 73.2 Å². The molecule has 0 saturated carbocycles. The molecule has 6 nitrogen and oxygen atoms in total. The highest BCUT2D eigenvalue weighted by Gasteiger charge is 2.43. The van der Waals surface area contributed by atoms with Gasteiger partial charge in [-0.2, -0.15) is 0 Å². The number of nitrogens with one attached hydrogen (secondary N) is 1. The first-order valence-corrected chi connectivity index (χ1v) is 10.5. The van der Waals surface area contributed by atoms with Crippen LogP contribution in [0.25, 0.3) is 11.1 Å². The fraction of sp³-hybridized carbons (Fsp3) is 0.280. The quantitative estimate of drug-likeness (QED) is 0.695. The molecule has 158 valence electrons. The monoisotopic (exact) mass is 414 g/mol. The predicted molar refractivity (Wildman–Crippen MR) is 119 cm³/mol. The number of benzene rings is 2. The summed E-state index contributed by atoms with van der Waals surface area (Å²) in [6, 6.07) is 18.6. The lowest BCUT2D eigenvalue weighted by Crippen LogP contribution is -2.54. The first-order chi connectivity index (χ1) is 15.1. The maximum atomic E-state index is 13.0. The zero-order chi connectivity index (χ0) is 21.7. The summed E-state index contributed by atoms with van der Waals surface area (Å²) in [5, 5.41) is 2.83. The van der Waals surface area contributed by atoms with E-state index in [9.17, 15) is 9.59 Å². The van der Waals surface area contributed by atoms with Gasteiger partial charge in [0.15, 0.2) is 0 Å². The molecule has 1 aliphatic rings. The van der Waals surface area contributed by atoms with E-state index in [-0.39, 0.29) is 11.8 Å². The maximum Gasteiger partial charge on any atom is 0.274 e. The Kier molecular flexibility index (Phi) is 6.07. The molecule has 1 aliphatic heterocycles. The number of amides is 2. The summed E-state index contributed by atoms with van der Waals surface area (Å²) in [7, 11) is 1.66. The number of aromatic nitrogens is 2. The van der Waals surface area contributed by atoms with Crippen molar-refractivity contribution in [2.75, 3.05) is 20.1 Å². The summed E-state index contributed by atoms with van der Waals surface area (Å²) in [6.45, 7) is 0.976. The van der Waals surface area contributed by atoms with Gasteiger partial charge in [-0.15, -0.1) is 0 Å². The summed E-state index contributed by atoms with van der Waals surface area (Å²) in [4.78, 5) is 35.8. The molecule has 31 heavy (non-hydrogen) atoms. The van der Waals surface area contributed by atoms with Gasteiger partial charge in [-0.1, -0.05) is 54.6 Å². The van der Waals surface area contributed by atoms with Crippen molar-refractivity contribution in [3.8, 4) is 11.1 Å². The maximum absolute atomic E-state index is 13.0. The molecular weight excluding hydrogens is 388 g/mol. The van der Waals surface area contributed by atoms with Crippen molar-refractivity contribution in [1.82, 2.24) is 20.2 Å². The van der Waals surface area contributed by atoms with Gasteiger partial charge in [-0.05, 0) is 36.0 Å². The Balaban J connectivity index is 1.56. The van der Waals surface area contributed by atoms with E-state index in [1.165, 1.54) is 12.4 Å². The second-order valence-electron chi connectivity index (χ2n) is 8.02. The zero-order valence-corrected chi connectivity index (χ0v) is 17.6.